The molecule has 1 rings (SSSR count). The summed E-state index contributed by atoms with van der Waals surface area (Å²) in [5.74, 6) is 0.952. The summed E-state index contributed by atoms with van der Waals surface area (Å²) >= 11 is 0. The Morgan fingerprint density at radius 3 is 2.50 bits per heavy atom. The summed E-state index contributed by atoms with van der Waals surface area (Å²) in [6.45, 7) is 10.5. The molecule has 0 radical (unpaired) electrons. The lowest BCUT2D eigenvalue weighted by Gasteiger charge is -2.24. The molecule has 3 heteroatoms. The van der Waals surface area contributed by atoms with Gasteiger partial charge < -0.3 is 9.16 Å². The average molecular weight is 264 g/mol. The molecular weight excluding hydrogens is 240 g/mol. The zero-order valence-corrected chi connectivity index (χ0v) is 12.9. The number of hydrogen-bond acceptors (Lipinski definition) is 2. The van der Waals surface area contributed by atoms with Crippen LogP contribution in [0.15, 0.2) is 36.9 Å². The third-order valence-electron chi connectivity index (χ3n) is 2.66. The summed E-state index contributed by atoms with van der Waals surface area (Å²) in [6.07, 6.45) is 3.95. The van der Waals surface area contributed by atoms with Crippen molar-refractivity contribution in [1.82, 2.24) is 0 Å². The van der Waals surface area contributed by atoms with Crippen molar-refractivity contribution >= 4 is 8.32 Å². The SMILES string of the molecule is C=CC(CCc1ccccc1OC)O[Si](C)(C)C. The largest absolute Gasteiger partial charge is 0.496 e. The van der Waals surface area contributed by atoms with Gasteiger partial charge in [-0.15, -0.1) is 6.58 Å². The van der Waals surface area contributed by atoms with Gasteiger partial charge in [-0.25, -0.2) is 0 Å². The molecule has 0 aliphatic carbocycles. The third kappa shape index (κ3) is 5.06. The quantitative estimate of drug-likeness (QED) is 0.547. The van der Waals surface area contributed by atoms with Crippen molar-refractivity contribution in [2.45, 2.75) is 38.6 Å². The van der Waals surface area contributed by atoms with Crippen LogP contribution in [0.1, 0.15) is 12.0 Å². The standard InChI is InChI=1S/C15H24O2Si/c1-6-14(17-18(3,4)5)12-11-13-9-7-8-10-15(13)16-2/h6-10,14H,1,11-12H2,2-5H3. The molecular formula is C15H24O2Si. The van der Waals surface area contributed by atoms with E-state index in [9.17, 15) is 0 Å². The number of ether oxygens (including phenoxy) is 1. The smallest absolute Gasteiger partial charge is 0.184 e. The van der Waals surface area contributed by atoms with Crippen LogP contribution in [0.3, 0.4) is 0 Å². The van der Waals surface area contributed by atoms with Gasteiger partial charge >= 0.3 is 0 Å². The minimum atomic E-state index is -1.50. The molecule has 0 amide bonds. The minimum absolute atomic E-state index is 0.140. The van der Waals surface area contributed by atoms with Crippen molar-refractivity contribution in [2.75, 3.05) is 7.11 Å². The fourth-order valence-corrected chi connectivity index (χ4v) is 3.01. The van der Waals surface area contributed by atoms with Crippen LogP contribution in [-0.2, 0) is 10.8 Å². The van der Waals surface area contributed by atoms with Gasteiger partial charge in [-0.3, -0.25) is 0 Å². The molecule has 0 saturated carbocycles. The molecule has 0 aliphatic rings. The topological polar surface area (TPSA) is 18.5 Å². The maximum absolute atomic E-state index is 6.06. The Morgan fingerprint density at radius 2 is 1.94 bits per heavy atom. The predicted octanol–water partition coefficient (Wildman–Crippen LogP) is 4.03. The Kier molecular flexibility index (Phi) is 5.63. The molecule has 1 aromatic carbocycles. The molecule has 0 N–H and O–H groups in total. The van der Waals surface area contributed by atoms with Crippen LogP contribution in [0.2, 0.25) is 19.6 Å². The molecule has 0 saturated heterocycles. The predicted molar refractivity (Wildman–Crippen MR) is 79.7 cm³/mol. The summed E-state index contributed by atoms with van der Waals surface area (Å²) in [5, 5.41) is 0. The van der Waals surface area contributed by atoms with E-state index in [-0.39, 0.29) is 6.10 Å². The van der Waals surface area contributed by atoms with Gasteiger partial charge in [0.25, 0.3) is 0 Å². The van der Waals surface area contributed by atoms with Crippen LogP contribution in [0.4, 0.5) is 0 Å². The number of methoxy groups -OCH3 is 1. The molecule has 0 bridgehead atoms. The third-order valence-corrected chi connectivity index (χ3v) is 3.67. The van der Waals surface area contributed by atoms with Gasteiger partial charge in [-0.2, -0.15) is 0 Å². The Hall–Kier alpha value is -1.06. The summed E-state index contributed by atoms with van der Waals surface area (Å²) in [7, 11) is 0.207. The first-order valence-electron chi connectivity index (χ1n) is 6.38. The molecule has 1 aromatic rings. The lowest BCUT2D eigenvalue weighted by atomic mass is 10.1. The van der Waals surface area contributed by atoms with Gasteiger partial charge in [-0.05, 0) is 44.1 Å². The number of aryl methyl sites for hydroxylation is 1. The van der Waals surface area contributed by atoms with Crippen LogP contribution >= 0.6 is 0 Å². The summed E-state index contributed by atoms with van der Waals surface area (Å²) < 4.78 is 11.4. The van der Waals surface area contributed by atoms with Crippen LogP contribution in [0.5, 0.6) is 5.75 Å². The van der Waals surface area contributed by atoms with Crippen molar-refractivity contribution < 1.29 is 9.16 Å². The second-order valence-electron chi connectivity index (χ2n) is 5.35. The Balaban J connectivity index is 2.60. The molecule has 1 atom stereocenters. The van der Waals surface area contributed by atoms with Crippen LogP contribution in [0.25, 0.3) is 0 Å². The van der Waals surface area contributed by atoms with Gasteiger partial charge in [0.15, 0.2) is 8.32 Å². The molecule has 0 fully saturated rings. The molecule has 0 spiro atoms. The summed E-state index contributed by atoms with van der Waals surface area (Å²) in [6, 6.07) is 8.14. The second kappa shape index (κ2) is 6.76. The van der Waals surface area contributed by atoms with E-state index in [2.05, 4.69) is 32.3 Å². The highest BCUT2D eigenvalue weighted by Crippen LogP contribution is 2.21. The van der Waals surface area contributed by atoms with E-state index in [1.165, 1.54) is 5.56 Å². The molecule has 0 aromatic heterocycles. The van der Waals surface area contributed by atoms with E-state index in [0.717, 1.165) is 18.6 Å². The first-order valence-corrected chi connectivity index (χ1v) is 9.79. The van der Waals surface area contributed by atoms with E-state index < -0.39 is 8.32 Å². The fourth-order valence-electron chi connectivity index (χ4n) is 1.89. The van der Waals surface area contributed by atoms with E-state index in [1.54, 1.807) is 7.11 Å². The van der Waals surface area contributed by atoms with Crippen molar-refractivity contribution in [2.24, 2.45) is 0 Å². The van der Waals surface area contributed by atoms with Crippen molar-refractivity contribution in [3.63, 3.8) is 0 Å². The highest BCUT2D eigenvalue weighted by Gasteiger charge is 2.19. The zero-order valence-electron chi connectivity index (χ0n) is 11.9. The first kappa shape index (κ1) is 15.0. The van der Waals surface area contributed by atoms with Crippen LogP contribution < -0.4 is 4.74 Å². The van der Waals surface area contributed by atoms with E-state index in [4.69, 9.17) is 9.16 Å². The average Bonchev–Trinajstić information content (AvgIpc) is 2.33. The maximum atomic E-state index is 6.06. The number of benzene rings is 1. The Bertz CT molecular complexity index is 382. The molecule has 0 aliphatic heterocycles. The molecule has 18 heavy (non-hydrogen) atoms. The van der Waals surface area contributed by atoms with E-state index in [0.29, 0.717) is 0 Å². The minimum Gasteiger partial charge on any atom is -0.496 e. The van der Waals surface area contributed by atoms with Gasteiger partial charge in [0.2, 0.25) is 0 Å². The lowest BCUT2D eigenvalue weighted by Crippen LogP contribution is -2.31. The molecule has 2 nitrogen and oxygen atoms in total. The van der Waals surface area contributed by atoms with Crippen molar-refractivity contribution in [3.05, 3.63) is 42.5 Å². The maximum Gasteiger partial charge on any atom is 0.184 e. The first-order chi connectivity index (χ1) is 8.46. The summed E-state index contributed by atoms with van der Waals surface area (Å²) in [4.78, 5) is 0. The fraction of sp³-hybridized carbons (Fsp3) is 0.467. The number of rotatable bonds is 7. The monoisotopic (exact) mass is 264 g/mol. The number of para-hydroxylation sites is 1. The van der Waals surface area contributed by atoms with Gasteiger partial charge in [-0.1, -0.05) is 24.3 Å². The lowest BCUT2D eigenvalue weighted by molar-refractivity contribution is 0.231. The van der Waals surface area contributed by atoms with Crippen molar-refractivity contribution in [3.8, 4) is 5.75 Å². The molecule has 1 unspecified atom stereocenters. The van der Waals surface area contributed by atoms with Crippen LogP contribution in [0, 0.1) is 0 Å². The number of hydrogen-bond donors (Lipinski definition) is 0. The van der Waals surface area contributed by atoms with Gasteiger partial charge in [0.1, 0.15) is 5.75 Å². The van der Waals surface area contributed by atoms with E-state index in [1.807, 2.05) is 24.3 Å². The highest BCUT2D eigenvalue weighted by atomic mass is 28.4. The van der Waals surface area contributed by atoms with E-state index >= 15 is 0 Å². The summed E-state index contributed by atoms with van der Waals surface area (Å²) in [5.41, 5.74) is 1.23. The zero-order chi connectivity index (χ0) is 13.6. The Morgan fingerprint density at radius 1 is 1.28 bits per heavy atom. The Labute approximate surface area is 112 Å². The highest BCUT2D eigenvalue weighted by molar-refractivity contribution is 6.69. The second-order valence-corrected chi connectivity index (χ2v) is 9.82. The van der Waals surface area contributed by atoms with Crippen molar-refractivity contribution in [1.29, 1.82) is 0 Å². The molecule has 0 heterocycles. The van der Waals surface area contributed by atoms with Gasteiger partial charge in [0, 0.05) is 0 Å². The van der Waals surface area contributed by atoms with Crippen LogP contribution in [-0.4, -0.2) is 21.5 Å². The van der Waals surface area contributed by atoms with Gasteiger partial charge in [0.05, 0.1) is 13.2 Å². The molecule has 100 valence electrons. The normalized spacial score (nSPS) is 13.1.